The number of nitrogens with zero attached hydrogens (tertiary/aromatic N) is 5. The molecular weight excluding hydrogens is 362 g/mol. The van der Waals surface area contributed by atoms with Crippen molar-refractivity contribution in [3.05, 3.63) is 67.8 Å². The molecule has 0 N–H and O–H groups in total. The fourth-order valence-electron chi connectivity index (χ4n) is 3.60. The summed E-state index contributed by atoms with van der Waals surface area (Å²) in [7, 11) is 0. The van der Waals surface area contributed by atoms with Gasteiger partial charge in [0.2, 0.25) is 0 Å². The fraction of sp³-hybridized carbons (Fsp3) is 0.368. The zero-order valence-corrected chi connectivity index (χ0v) is 16.4. The van der Waals surface area contributed by atoms with E-state index < -0.39 is 6.04 Å². The lowest BCUT2D eigenvalue weighted by atomic mass is 10.0. The molecule has 0 aliphatic carbocycles. The van der Waals surface area contributed by atoms with E-state index in [0.29, 0.717) is 30.3 Å². The van der Waals surface area contributed by atoms with Gasteiger partial charge in [-0.15, -0.1) is 11.3 Å². The summed E-state index contributed by atoms with van der Waals surface area (Å²) in [4.78, 5) is 32.8. The second-order valence-corrected chi connectivity index (χ2v) is 7.77. The van der Waals surface area contributed by atoms with E-state index in [0.717, 1.165) is 16.3 Å². The van der Waals surface area contributed by atoms with E-state index in [1.165, 1.54) is 16.0 Å². The second-order valence-electron chi connectivity index (χ2n) is 6.57. The van der Waals surface area contributed by atoms with E-state index in [4.69, 9.17) is 0 Å². The Balaban J connectivity index is 1.85. The summed E-state index contributed by atoms with van der Waals surface area (Å²) in [6, 6.07) is 9.37. The summed E-state index contributed by atoms with van der Waals surface area (Å²) < 4.78 is 3.15. The predicted molar refractivity (Wildman–Crippen MR) is 103 cm³/mol. The molecule has 0 fully saturated rings. The summed E-state index contributed by atoms with van der Waals surface area (Å²) in [5.41, 5.74) is 1.57. The van der Waals surface area contributed by atoms with Gasteiger partial charge < -0.3 is 4.90 Å². The van der Waals surface area contributed by atoms with Crippen LogP contribution in [0.5, 0.6) is 0 Å². The largest absolute Gasteiger partial charge is 0.346 e. The first kappa shape index (κ1) is 17.7. The molecule has 1 unspecified atom stereocenters. The first-order valence-electron chi connectivity index (χ1n) is 8.98. The third kappa shape index (κ3) is 2.90. The molecule has 1 amide bonds. The van der Waals surface area contributed by atoms with E-state index in [9.17, 15) is 9.59 Å². The van der Waals surface area contributed by atoms with Gasteiger partial charge in [0.05, 0.1) is 10.7 Å². The van der Waals surface area contributed by atoms with Crippen LogP contribution in [0.15, 0.2) is 35.1 Å². The highest BCUT2D eigenvalue weighted by Gasteiger charge is 2.37. The zero-order chi connectivity index (χ0) is 19.1. The molecule has 3 heterocycles. The van der Waals surface area contributed by atoms with Crippen LogP contribution in [0.25, 0.3) is 0 Å². The molecule has 2 aromatic heterocycles. The number of hydrogen-bond acceptors (Lipinski definition) is 5. The van der Waals surface area contributed by atoms with Gasteiger partial charge in [0.15, 0.2) is 5.82 Å². The molecule has 3 aromatic rings. The van der Waals surface area contributed by atoms with Crippen LogP contribution in [-0.4, -0.2) is 36.7 Å². The van der Waals surface area contributed by atoms with Crippen molar-refractivity contribution >= 4 is 17.2 Å². The molecule has 0 saturated carbocycles. The number of amides is 1. The maximum atomic E-state index is 13.4. The maximum absolute atomic E-state index is 13.4. The van der Waals surface area contributed by atoms with Crippen LogP contribution < -0.4 is 5.69 Å². The Morgan fingerprint density at radius 2 is 1.96 bits per heavy atom. The van der Waals surface area contributed by atoms with Gasteiger partial charge in [-0.2, -0.15) is 5.10 Å². The number of fused-ring (bicyclic) bond motifs is 1. The number of hydrogen-bond donors (Lipinski definition) is 0. The van der Waals surface area contributed by atoms with Crippen molar-refractivity contribution in [2.45, 2.75) is 39.9 Å². The molecule has 4 rings (SSSR count). The average molecular weight is 383 g/mol. The second kappa shape index (κ2) is 6.77. The fourth-order valence-corrected chi connectivity index (χ4v) is 4.47. The van der Waals surface area contributed by atoms with Crippen LogP contribution in [0, 0.1) is 13.8 Å². The van der Waals surface area contributed by atoms with Gasteiger partial charge in [-0.25, -0.2) is 14.5 Å². The lowest BCUT2D eigenvalue weighted by Crippen LogP contribution is -2.44. The van der Waals surface area contributed by atoms with Crippen LogP contribution >= 0.6 is 11.3 Å². The Hall–Kier alpha value is -2.74. The quantitative estimate of drug-likeness (QED) is 0.696. The highest BCUT2D eigenvalue weighted by atomic mass is 32.1. The minimum atomic E-state index is -0.394. The molecule has 27 heavy (non-hydrogen) atoms. The molecule has 7 nitrogen and oxygen atoms in total. The van der Waals surface area contributed by atoms with E-state index in [1.54, 1.807) is 4.57 Å². The van der Waals surface area contributed by atoms with Gasteiger partial charge in [-0.05, 0) is 26.3 Å². The number of aryl methyl sites for hydroxylation is 3. The Bertz CT molecular complexity index is 1050. The van der Waals surface area contributed by atoms with Crippen LogP contribution in [0.1, 0.15) is 44.7 Å². The van der Waals surface area contributed by atoms with Crippen molar-refractivity contribution in [2.75, 3.05) is 6.54 Å². The number of carbonyl (C=O) groups excluding carboxylic acids is 1. The summed E-state index contributed by atoms with van der Waals surface area (Å²) >= 11 is 1.41. The lowest BCUT2D eigenvalue weighted by molar-refractivity contribution is 0.0661. The summed E-state index contributed by atoms with van der Waals surface area (Å²) in [5, 5.41) is 5.41. The standard InChI is InChI=1S/C19H21N5O2S/c1-4-24-19(26)23-11-10-22(18(25)16-12(2)20-13(3)27-16)15(17(23)21-24)14-8-6-5-7-9-14/h5-9,15H,4,10-11H2,1-3H3. The minimum absolute atomic E-state index is 0.0586. The van der Waals surface area contributed by atoms with Crippen LogP contribution in [0.3, 0.4) is 0 Å². The molecule has 1 aromatic carbocycles. The van der Waals surface area contributed by atoms with Gasteiger partial charge in [0.25, 0.3) is 5.91 Å². The van der Waals surface area contributed by atoms with Crippen molar-refractivity contribution in [1.82, 2.24) is 24.2 Å². The summed E-state index contributed by atoms with van der Waals surface area (Å²) in [6.07, 6.45) is 0. The number of aromatic nitrogens is 4. The highest BCUT2D eigenvalue weighted by molar-refractivity contribution is 7.13. The Kier molecular flexibility index (Phi) is 4.43. The predicted octanol–water partition coefficient (Wildman–Crippen LogP) is 2.38. The maximum Gasteiger partial charge on any atom is 0.346 e. The SMILES string of the molecule is CCn1nc2n(c1=O)CCN(C(=O)c1sc(C)nc1C)C2c1ccccc1. The van der Waals surface area contributed by atoms with Gasteiger partial charge in [-0.3, -0.25) is 9.36 Å². The molecule has 8 heteroatoms. The number of carbonyl (C=O) groups is 1. The van der Waals surface area contributed by atoms with Crippen LogP contribution in [0.2, 0.25) is 0 Å². The third-order valence-electron chi connectivity index (χ3n) is 4.85. The van der Waals surface area contributed by atoms with Crippen molar-refractivity contribution in [3.63, 3.8) is 0 Å². The summed E-state index contributed by atoms with van der Waals surface area (Å²) in [5.74, 6) is 0.559. The minimum Gasteiger partial charge on any atom is -0.322 e. The molecule has 0 radical (unpaired) electrons. The van der Waals surface area contributed by atoms with Crippen molar-refractivity contribution in [1.29, 1.82) is 0 Å². The molecule has 0 spiro atoms. The topological polar surface area (TPSA) is 73.0 Å². The first-order valence-corrected chi connectivity index (χ1v) is 9.80. The van der Waals surface area contributed by atoms with Crippen molar-refractivity contribution in [2.24, 2.45) is 0 Å². The van der Waals surface area contributed by atoms with Gasteiger partial charge in [0, 0.05) is 19.6 Å². The van der Waals surface area contributed by atoms with Crippen molar-refractivity contribution in [3.8, 4) is 0 Å². The molecular formula is C19H21N5O2S. The number of rotatable bonds is 3. The Morgan fingerprint density at radius 3 is 2.59 bits per heavy atom. The molecule has 1 aliphatic heterocycles. The van der Waals surface area contributed by atoms with Gasteiger partial charge in [0.1, 0.15) is 10.9 Å². The molecule has 1 aliphatic rings. The number of benzene rings is 1. The van der Waals surface area contributed by atoms with E-state index >= 15 is 0 Å². The van der Waals surface area contributed by atoms with Crippen LogP contribution in [-0.2, 0) is 13.1 Å². The van der Waals surface area contributed by atoms with Crippen molar-refractivity contribution < 1.29 is 4.79 Å². The summed E-state index contributed by atoms with van der Waals surface area (Å²) in [6.45, 7) is 7.06. The molecule has 0 saturated heterocycles. The van der Waals surface area contributed by atoms with Gasteiger partial charge >= 0.3 is 5.69 Å². The highest BCUT2D eigenvalue weighted by Crippen LogP contribution is 2.32. The van der Waals surface area contributed by atoms with Gasteiger partial charge in [-0.1, -0.05) is 30.3 Å². The van der Waals surface area contributed by atoms with E-state index in [1.807, 2.05) is 56.0 Å². The lowest BCUT2D eigenvalue weighted by Gasteiger charge is -2.35. The van der Waals surface area contributed by atoms with E-state index in [2.05, 4.69) is 10.1 Å². The number of thiazole rings is 1. The smallest absolute Gasteiger partial charge is 0.322 e. The third-order valence-corrected chi connectivity index (χ3v) is 5.91. The molecule has 1 atom stereocenters. The zero-order valence-electron chi connectivity index (χ0n) is 15.5. The van der Waals surface area contributed by atoms with Crippen LogP contribution in [0.4, 0.5) is 0 Å². The normalized spacial score (nSPS) is 16.4. The molecule has 0 bridgehead atoms. The first-order chi connectivity index (χ1) is 13.0. The Labute approximate surface area is 160 Å². The average Bonchev–Trinajstić information content (AvgIpc) is 3.19. The Morgan fingerprint density at radius 1 is 1.22 bits per heavy atom. The monoisotopic (exact) mass is 383 g/mol. The van der Waals surface area contributed by atoms with E-state index in [-0.39, 0.29) is 11.6 Å². The molecule has 140 valence electrons.